The van der Waals surface area contributed by atoms with Gasteiger partial charge in [0.15, 0.2) is 0 Å². The molecule has 3 nitrogen and oxygen atoms in total. The summed E-state index contributed by atoms with van der Waals surface area (Å²) < 4.78 is 0. The molecule has 0 saturated carbocycles. The van der Waals surface area contributed by atoms with Crippen LogP contribution < -0.4 is 5.73 Å². The van der Waals surface area contributed by atoms with Gasteiger partial charge in [0.1, 0.15) is 5.01 Å². The molecule has 2 rings (SSSR count). The number of aromatic nitrogens is 1. The van der Waals surface area contributed by atoms with E-state index < -0.39 is 0 Å². The van der Waals surface area contributed by atoms with Crippen molar-refractivity contribution in [1.29, 1.82) is 0 Å². The third kappa shape index (κ3) is 2.62. The maximum atomic E-state index is 6.10. The lowest BCUT2D eigenvalue weighted by atomic mass is 9.94. The van der Waals surface area contributed by atoms with Crippen LogP contribution in [0.5, 0.6) is 0 Å². The Morgan fingerprint density at radius 1 is 1.50 bits per heavy atom. The summed E-state index contributed by atoms with van der Waals surface area (Å²) in [6, 6.07) is 0.330. The van der Waals surface area contributed by atoms with Gasteiger partial charge in [0.2, 0.25) is 0 Å². The summed E-state index contributed by atoms with van der Waals surface area (Å²) in [5.41, 5.74) is 7.27. The van der Waals surface area contributed by atoms with E-state index in [2.05, 4.69) is 30.7 Å². The molecule has 1 aliphatic heterocycles. The molecule has 0 aromatic carbocycles. The topological polar surface area (TPSA) is 42.2 Å². The predicted molar refractivity (Wildman–Crippen MR) is 68.6 cm³/mol. The van der Waals surface area contributed by atoms with Gasteiger partial charge in [-0.25, -0.2) is 4.98 Å². The van der Waals surface area contributed by atoms with Crippen LogP contribution in [0.4, 0.5) is 0 Å². The van der Waals surface area contributed by atoms with Gasteiger partial charge in [0, 0.05) is 17.5 Å². The fourth-order valence-corrected chi connectivity index (χ4v) is 3.09. The van der Waals surface area contributed by atoms with Gasteiger partial charge in [0.05, 0.1) is 12.2 Å². The maximum absolute atomic E-state index is 6.10. The summed E-state index contributed by atoms with van der Waals surface area (Å²) in [6.45, 7) is 9.62. The highest BCUT2D eigenvalue weighted by atomic mass is 32.1. The second kappa shape index (κ2) is 4.82. The first-order chi connectivity index (χ1) is 7.56. The van der Waals surface area contributed by atoms with Crippen molar-refractivity contribution >= 4 is 11.3 Å². The Hall–Kier alpha value is -0.450. The average molecular weight is 239 g/mol. The molecule has 0 aliphatic carbocycles. The van der Waals surface area contributed by atoms with Crippen LogP contribution in [-0.2, 0) is 6.54 Å². The van der Waals surface area contributed by atoms with E-state index >= 15 is 0 Å². The monoisotopic (exact) mass is 239 g/mol. The second-order valence-corrected chi connectivity index (χ2v) is 6.20. The van der Waals surface area contributed by atoms with Gasteiger partial charge in [-0.1, -0.05) is 6.92 Å². The molecule has 0 bridgehead atoms. The molecular formula is C12H21N3S. The lowest BCUT2D eigenvalue weighted by molar-refractivity contribution is 0.162. The van der Waals surface area contributed by atoms with E-state index in [0.29, 0.717) is 12.0 Å². The molecule has 2 atom stereocenters. The average Bonchev–Trinajstić information content (AvgIpc) is 2.52. The smallest absolute Gasteiger partial charge is 0.107 e. The third-order valence-electron chi connectivity index (χ3n) is 3.53. The van der Waals surface area contributed by atoms with Gasteiger partial charge in [-0.3, -0.25) is 4.90 Å². The number of likely N-dealkylation sites (tertiary alicyclic amines) is 1. The number of rotatable bonds is 2. The van der Waals surface area contributed by atoms with Crippen molar-refractivity contribution in [1.82, 2.24) is 9.88 Å². The van der Waals surface area contributed by atoms with Gasteiger partial charge >= 0.3 is 0 Å². The Kier molecular flexibility index (Phi) is 3.62. The first-order valence-corrected chi connectivity index (χ1v) is 6.78. The van der Waals surface area contributed by atoms with Crippen LogP contribution in [0.3, 0.4) is 0 Å². The van der Waals surface area contributed by atoms with Crippen molar-refractivity contribution in [3.63, 3.8) is 0 Å². The van der Waals surface area contributed by atoms with E-state index in [1.54, 1.807) is 0 Å². The van der Waals surface area contributed by atoms with Gasteiger partial charge in [0.25, 0.3) is 0 Å². The predicted octanol–water partition coefficient (Wildman–Crippen LogP) is 1.93. The van der Waals surface area contributed by atoms with E-state index in [4.69, 9.17) is 5.73 Å². The summed E-state index contributed by atoms with van der Waals surface area (Å²) in [7, 11) is 0. The molecule has 4 heteroatoms. The molecule has 0 amide bonds. The van der Waals surface area contributed by atoms with Crippen LogP contribution >= 0.6 is 11.3 Å². The molecule has 1 saturated heterocycles. The zero-order chi connectivity index (χ0) is 11.7. The molecular weight excluding hydrogens is 218 g/mol. The quantitative estimate of drug-likeness (QED) is 0.857. The van der Waals surface area contributed by atoms with Crippen molar-refractivity contribution in [3.8, 4) is 0 Å². The first kappa shape index (κ1) is 12.0. The third-order valence-corrected chi connectivity index (χ3v) is 4.59. The number of nitrogens with two attached hydrogens (primary N) is 1. The fraction of sp³-hybridized carbons (Fsp3) is 0.750. The fourth-order valence-electron chi connectivity index (χ4n) is 2.11. The van der Waals surface area contributed by atoms with E-state index in [1.807, 2.05) is 11.3 Å². The molecule has 1 fully saturated rings. The standard InChI is InChI=1S/C12H21N3S/c1-8-4-5-15(6-11(8)13)7-12-14-9(2)10(3)16-12/h8,11H,4-7,13H2,1-3H3. The normalized spacial score (nSPS) is 27.2. The van der Waals surface area contributed by atoms with Gasteiger partial charge in [-0.05, 0) is 32.7 Å². The Morgan fingerprint density at radius 3 is 2.81 bits per heavy atom. The zero-order valence-electron chi connectivity index (χ0n) is 10.4. The maximum Gasteiger partial charge on any atom is 0.107 e. The van der Waals surface area contributed by atoms with Gasteiger partial charge < -0.3 is 5.73 Å². The highest BCUT2D eigenvalue weighted by Gasteiger charge is 2.23. The van der Waals surface area contributed by atoms with E-state index in [9.17, 15) is 0 Å². The molecule has 16 heavy (non-hydrogen) atoms. The van der Waals surface area contributed by atoms with Crippen molar-refractivity contribution < 1.29 is 0 Å². The Bertz CT molecular complexity index is 342. The number of nitrogens with zero attached hydrogens (tertiary/aromatic N) is 2. The Morgan fingerprint density at radius 2 is 2.25 bits per heavy atom. The van der Waals surface area contributed by atoms with Crippen LogP contribution in [0.2, 0.25) is 0 Å². The van der Waals surface area contributed by atoms with Gasteiger partial charge in [-0.15, -0.1) is 11.3 Å². The molecule has 90 valence electrons. The lowest BCUT2D eigenvalue weighted by Crippen LogP contribution is -2.47. The first-order valence-electron chi connectivity index (χ1n) is 5.97. The molecule has 2 unspecified atom stereocenters. The molecule has 1 aliphatic rings. The Balaban J connectivity index is 1.95. The number of piperidine rings is 1. The van der Waals surface area contributed by atoms with Crippen molar-refractivity contribution in [3.05, 3.63) is 15.6 Å². The minimum atomic E-state index is 0.330. The zero-order valence-corrected chi connectivity index (χ0v) is 11.2. The van der Waals surface area contributed by atoms with Crippen LogP contribution in [0.25, 0.3) is 0 Å². The molecule has 1 aromatic rings. The SMILES string of the molecule is Cc1nc(CN2CCC(C)C(N)C2)sc1C. The molecule has 1 aromatic heterocycles. The Labute approximate surface area is 102 Å². The molecule has 2 heterocycles. The van der Waals surface area contributed by atoms with Crippen LogP contribution in [0.1, 0.15) is 28.9 Å². The summed E-state index contributed by atoms with van der Waals surface area (Å²) in [5, 5.41) is 1.23. The van der Waals surface area contributed by atoms with E-state index in [-0.39, 0.29) is 0 Å². The van der Waals surface area contributed by atoms with E-state index in [0.717, 1.165) is 19.6 Å². The number of hydrogen-bond donors (Lipinski definition) is 1. The van der Waals surface area contributed by atoms with Crippen molar-refractivity contribution in [2.24, 2.45) is 11.7 Å². The number of aryl methyl sites for hydroxylation is 2. The van der Waals surface area contributed by atoms with Crippen LogP contribution in [0.15, 0.2) is 0 Å². The summed E-state index contributed by atoms with van der Waals surface area (Å²) in [6.07, 6.45) is 1.21. The summed E-state index contributed by atoms with van der Waals surface area (Å²) >= 11 is 1.82. The largest absolute Gasteiger partial charge is 0.326 e. The molecule has 2 N–H and O–H groups in total. The molecule has 0 radical (unpaired) electrons. The van der Waals surface area contributed by atoms with Crippen LogP contribution in [-0.4, -0.2) is 29.0 Å². The van der Waals surface area contributed by atoms with E-state index in [1.165, 1.54) is 22.0 Å². The summed E-state index contributed by atoms with van der Waals surface area (Å²) in [5.74, 6) is 0.663. The molecule has 0 spiro atoms. The number of hydrogen-bond acceptors (Lipinski definition) is 4. The van der Waals surface area contributed by atoms with Crippen LogP contribution in [0, 0.1) is 19.8 Å². The minimum Gasteiger partial charge on any atom is -0.326 e. The lowest BCUT2D eigenvalue weighted by Gasteiger charge is -2.34. The van der Waals surface area contributed by atoms with Crippen molar-refractivity contribution in [2.45, 2.75) is 39.8 Å². The highest BCUT2D eigenvalue weighted by molar-refractivity contribution is 7.11. The van der Waals surface area contributed by atoms with Gasteiger partial charge in [-0.2, -0.15) is 0 Å². The number of thiazole rings is 1. The minimum absolute atomic E-state index is 0.330. The second-order valence-electron chi connectivity index (χ2n) is 4.91. The summed E-state index contributed by atoms with van der Waals surface area (Å²) in [4.78, 5) is 8.35. The van der Waals surface area contributed by atoms with Crippen molar-refractivity contribution in [2.75, 3.05) is 13.1 Å². The highest BCUT2D eigenvalue weighted by Crippen LogP contribution is 2.21.